The van der Waals surface area contributed by atoms with Crippen molar-refractivity contribution in [1.29, 1.82) is 0 Å². The molecule has 0 aromatic heterocycles. The van der Waals surface area contributed by atoms with Gasteiger partial charge in [0, 0.05) is 0 Å². The Morgan fingerprint density at radius 3 is 2.71 bits per heavy atom. The van der Waals surface area contributed by atoms with Gasteiger partial charge in [0.15, 0.2) is 0 Å². The fraction of sp³-hybridized carbons (Fsp3) is 0. The molecular formula is C3H6BNO2. The summed E-state index contributed by atoms with van der Waals surface area (Å²) in [5.41, 5.74) is 0. The zero-order valence-corrected chi connectivity index (χ0v) is 3.85. The average molecular weight is 98.9 g/mol. The largest absolute Gasteiger partial charge is 0.435 e. The summed E-state index contributed by atoms with van der Waals surface area (Å²) in [6.45, 7) is 3.16. The Morgan fingerprint density at radius 2 is 2.57 bits per heavy atom. The summed E-state index contributed by atoms with van der Waals surface area (Å²) in [6.07, 6.45) is 1.09. The second-order valence-electron chi connectivity index (χ2n) is 0.903. The van der Waals surface area contributed by atoms with Gasteiger partial charge >= 0.3 is 7.62 Å². The molecule has 0 saturated carbocycles. The van der Waals surface area contributed by atoms with Gasteiger partial charge < -0.3 is 10.3 Å². The second-order valence-corrected chi connectivity index (χ2v) is 0.903. The first-order valence-corrected chi connectivity index (χ1v) is 1.82. The van der Waals surface area contributed by atoms with E-state index >= 15 is 0 Å². The third kappa shape index (κ3) is 3.05. The van der Waals surface area contributed by atoms with Crippen LogP contribution in [0.15, 0.2) is 12.7 Å². The van der Waals surface area contributed by atoms with Crippen molar-refractivity contribution in [3.05, 3.63) is 12.7 Å². The van der Waals surface area contributed by atoms with Crippen molar-refractivity contribution >= 4 is 13.5 Å². The van der Waals surface area contributed by atoms with Crippen molar-refractivity contribution in [1.82, 2.24) is 5.23 Å². The Morgan fingerprint density at radius 1 is 2.00 bits per heavy atom. The van der Waals surface area contributed by atoms with Gasteiger partial charge in [-0.2, -0.15) is 0 Å². The molecule has 0 aliphatic heterocycles. The van der Waals surface area contributed by atoms with E-state index in [-0.39, 0.29) is 13.5 Å². The van der Waals surface area contributed by atoms with Crippen molar-refractivity contribution in [3.8, 4) is 0 Å². The van der Waals surface area contributed by atoms with Crippen molar-refractivity contribution in [2.45, 2.75) is 0 Å². The van der Waals surface area contributed by atoms with Crippen LogP contribution in [0.3, 0.4) is 0 Å². The summed E-state index contributed by atoms with van der Waals surface area (Å²) in [6, 6.07) is 0. The van der Waals surface area contributed by atoms with Crippen LogP contribution in [0.2, 0.25) is 0 Å². The first-order chi connectivity index (χ1) is 3.31. The number of hydrogen-bond donors (Lipinski definition) is 2. The summed E-state index contributed by atoms with van der Waals surface area (Å²) >= 11 is 0. The van der Waals surface area contributed by atoms with Gasteiger partial charge in [0.2, 0.25) is 5.91 Å². The molecule has 0 unspecified atom stereocenters. The predicted octanol–water partition coefficient (Wildman–Crippen LogP) is -1.45. The van der Waals surface area contributed by atoms with E-state index < -0.39 is 0 Å². The zero-order valence-electron chi connectivity index (χ0n) is 3.85. The lowest BCUT2D eigenvalue weighted by atomic mass is 10.3. The Hall–Kier alpha value is -0.765. The molecule has 0 rings (SSSR count). The van der Waals surface area contributed by atoms with Gasteiger partial charge in [-0.05, 0) is 6.08 Å². The molecule has 0 bridgehead atoms. The first-order valence-electron chi connectivity index (χ1n) is 1.82. The summed E-state index contributed by atoms with van der Waals surface area (Å²) < 4.78 is 0. The van der Waals surface area contributed by atoms with E-state index in [1.54, 1.807) is 0 Å². The highest BCUT2D eigenvalue weighted by Crippen LogP contribution is 1.58. The normalized spacial score (nSPS) is 7.00. The van der Waals surface area contributed by atoms with E-state index in [4.69, 9.17) is 5.02 Å². The molecule has 0 radical (unpaired) electrons. The number of amides is 1. The minimum absolute atomic E-state index is 0.329. The fourth-order valence-corrected chi connectivity index (χ4v) is 0.150. The van der Waals surface area contributed by atoms with E-state index in [0.717, 1.165) is 6.08 Å². The van der Waals surface area contributed by atoms with Gasteiger partial charge in [0.25, 0.3) is 0 Å². The minimum atomic E-state index is -0.359. The molecule has 38 valence electrons. The van der Waals surface area contributed by atoms with Crippen molar-refractivity contribution in [3.63, 3.8) is 0 Å². The van der Waals surface area contributed by atoms with Crippen molar-refractivity contribution in [2.24, 2.45) is 0 Å². The van der Waals surface area contributed by atoms with E-state index in [9.17, 15) is 4.79 Å². The third-order valence-corrected chi connectivity index (χ3v) is 0.439. The molecule has 0 aliphatic rings. The Kier molecular flexibility index (Phi) is 3.05. The van der Waals surface area contributed by atoms with Crippen LogP contribution in [-0.4, -0.2) is 18.5 Å². The lowest BCUT2D eigenvalue weighted by Gasteiger charge is -1.87. The van der Waals surface area contributed by atoms with Gasteiger partial charge in [-0.1, -0.05) is 6.58 Å². The highest BCUT2D eigenvalue weighted by Gasteiger charge is 1.87. The van der Waals surface area contributed by atoms with Crippen LogP contribution >= 0.6 is 0 Å². The Labute approximate surface area is 42.3 Å². The average Bonchev–Trinajstić information content (AvgIpc) is 1.68. The lowest BCUT2D eigenvalue weighted by molar-refractivity contribution is -0.115. The monoisotopic (exact) mass is 99.0 g/mol. The molecule has 4 heteroatoms. The summed E-state index contributed by atoms with van der Waals surface area (Å²) in [7, 11) is -0.329. The highest BCUT2D eigenvalue weighted by atomic mass is 16.2. The Bertz CT molecular complexity index is 83.0. The molecule has 1 amide bonds. The number of hydrogen-bond acceptors (Lipinski definition) is 2. The van der Waals surface area contributed by atoms with Gasteiger partial charge in [-0.15, -0.1) is 0 Å². The maximum Gasteiger partial charge on any atom is 0.393 e. The molecule has 7 heavy (non-hydrogen) atoms. The molecule has 0 aromatic carbocycles. The number of nitrogens with one attached hydrogen (secondary N) is 1. The maximum atomic E-state index is 10.0. The van der Waals surface area contributed by atoms with Gasteiger partial charge in [-0.25, -0.2) is 0 Å². The number of rotatable bonds is 2. The predicted molar refractivity (Wildman–Crippen MR) is 27.7 cm³/mol. The topological polar surface area (TPSA) is 49.3 Å². The molecule has 2 N–H and O–H groups in total. The molecule has 3 nitrogen and oxygen atoms in total. The molecule has 0 aromatic rings. The SMILES string of the molecule is C=CC(=O)NBO. The van der Waals surface area contributed by atoms with Crippen LogP contribution in [0, 0.1) is 0 Å². The van der Waals surface area contributed by atoms with Crippen LogP contribution in [0.5, 0.6) is 0 Å². The molecule has 0 saturated heterocycles. The van der Waals surface area contributed by atoms with Crippen LogP contribution in [0.1, 0.15) is 0 Å². The van der Waals surface area contributed by atoms with E-state index in [1.807, 2.05) is 0 Å². The van der Waals surface area contributed by atoms with Crippen molar-refractivity contribution < 1.29 is 9.82 Å². The first kappa shape index (κ1) is 6.23. The van der Waals surface area contributed by atoms with Crippen LogP contribution in [0.25, 0.3) is 0 Å². The molecular weight excluding hydrogens is 92.8 g/mol. The van der Waals surface area contributed by atoms with Crippen LogP contribution < -0.4 is 5.23 Å². The summed E-state index contributed by atoms with van der Waals surface area (Å²) in [5.74, 6) is -0.359. The quantitative estimate of drug-likeness (QED) is 0.328. The van der Waals surface area contributed by atoms with Crippen molar-refractivity contribution in [2.75, 3.05) is 0 Å². The van der Waals surface area contributed by atoms with Gasteiger partial charge in [0.05, 0.1) is 0 Å². The third-order valence-electron chi connectivity index (χ3n) is 0.439. The van der Waals surface area contributed by atoms with Crippen LogP contribution in [-0.2, 0) is 4.79 Å². The highest BCUT2D eigenvalue weighted by molar-refractivity contribution is 6.29. The molecule has 0 aliphatic carbocycles. The molecule has 0 fully saturated rings. The molecule has 0 heterocycles. The second kappa shape index (κ2) is 3.43. The Balaban J connectivity index is 3.17. The number of carbonyl (C=O) groups excluding carboxylic acids is 1. The lowest BCUT2D eigenvalue weighted by Crippen LogP contribution is -2.24. The summed E-state index contributed by atoms with van der Waals surface area (Å²) in [5, 5.41) is 10.1. The standard InChI is InChI=1S/C3H6BNO2/c1-2-3(6)5-4-7/h2,4,7H,1H2,(H,5,6). The van der Waals surface area contributed by atoms with Crippen LogP contribution in [0.4, 0.5) is 0 Å². The zero-order chi connectivity index (χ0) is 5.70. The smallest absolute Gasteiger partial charge is 0.393 e. The summed E-state index contributed by atoms with van der Waals surface area (Å²) in [4.78, 5) is 10.0. The van der Waals surface area contributed by atoms with Gasteiger partial charge in [0.1, 0.15) is 0 Å². The number of carbonyl (C=O) groups is 1. The molecule has 0 spiro atoms. The van der Waals surface area contributed by atoms with Gasteiger partial charge in [-0.3, -0.25) is 4.79 Å². The molecule has 0 atom stereocenters. The van der Waals surface area contributed by atoms with E-state index in [2.05, 4.69) is 11.8 Å². The maximum absolute atomic E-state index is 10.0. The van der Waals surface area contributed by atoms with E-state index in [1.165, 1.54) is 0 Å². The fourth-order valence-electron chi connectivity index (χ4n) is 0.150. The minimum Gasteiger partial charge on any atom is -0.435 e. The van der Waals surface area contributed by atoms with E-state index in [0.29, 0.717) is 0 Å².